The first kappa shape index (κ1) is 16.7. The smallest absolute Gasteiger partial charge is 0.236 e. The summed E-state index contributed by atoms with van der Waals surface area (Å²) in [6.45, 7) is 7.81. The van der Waals surface area contributed by atoms with Gasteiger partial charge in [0.15, 0.2) is 0 Å². The van der Waals surface area contributed by atoms with Crippen LogP contribution in [0.1, 0.15) is 26.7 Å². The van der Waals surface area contributed by atoms with Gasteiger partial charge in [-0.25, -0.2) is 0 Å². The fourth-order valence-corrected chi connectivity index (χ4v) is 2.91. The molecule has 0 aromatic rings. The van der Waals surface area contributed by atoms with E-state index in [0.29, 0.717) is 19.6 Å². The van der Waals surface area contributed by atoms with Gasteiger partial charge >= 0.3 is 0 Å². The SMILES string of the molecule is CC1CN(C(=O)CN2CCC[C@@H](N)C2)CC(C)O1.Cl. The van der Waals surface area contributed by atoms with E-state index in [-0.39, 0.29) is 36.6 Å². The van der Waals surface area contributed by atoms with E-state index in [9.17, 15) is 4.79 Å². The summed E-state index contributed by atoms with van der Waals surface area (Å²) in [5.74, 6) is 0.214. The number of nitrogens with two attached hydrogens (primary N) is 1. The summed E-state index contributed by atoms with van der Waals surface area (Å²) in [6.07, 6.45) is 2.46. The zero-order valence-electron chi connectivity index (χ0n) is 11.9. The van der Waals surface area contributed by atoms with Crippen LogP contribution in [0.25, 0.3) is 0 Å². The van der Waals surface area contributed by atoms with Crippen molar-refractivity contribution in [2.45, 2.75) is 44.9 Å². The molecule has 2 aliphatic heterocycles. The molecule has 2 unspecified atom stereocenters. The van der Waals surface area contributed by atoms with E-state index < -0.39 is 0 Å². The number of halogens is 1. The number of morpholine rings is 1. The lowest BCUT2D eigenvalue weighted by molar-refractivity contribution is -0.144. The van der Waals surface area contributed by atoms with Crippen molar-refractivity contribution in [3.05, 3.63) is 0 Å². The molecule has 2 rings (SSSR count). The molecule has 5 nitrogen and oxygen atoms in total. The summed E-state index contributed by atoms with van der Waals surface area (Å²) >= 11 is 0. The molecular weight excluding hydrogens is 266 g/mol. The monoisotopic (exact) mass is 291 g/mol. The second-order valence-corrected chi connectivity index (χ2v) is 5.69. The number of nitrogens with zero attached hydrogens (tertiary/aromatic N) is 2. The van der Waals surface area contributed by atoms with E-state index >= 15 is 0 Å². The first-order valence-corrected chi connectivity index (χ1v) is 6.95. The third-order valence-corrected chi connectivity index (χ3v) is 3.67. The van der Waals surface area contributed by atoms with Crippen molar-refractivity contribution in [2.75, 3.05) is 32.7 Å². The predicted molar refractivity (Wildman–Crippen MR) is 77.5 cm³/mol. The maximum absolute atomic E-state index is 12.3. The number of amides is 1. The summed E-state index contributed by atoms with van der Waals surface area (Å²) in [5.41, 5.74) is 5.94. The molecule has 0 aromatic carbocycles. The van der Waals surface area contributed by atoms with Gasteiger partial charge in [0.25, 0.3) is 0 Å². The largest absolute Gasteiger partial charge is 0.372 e. The molecule has 19 heavy (non-hydrogen) atoms. The Morgan fingerprint density at radius 1 is 1.26 bits per heavy atom. The van der Waals surface area contributed by atoms with Crippen LogP contribution in [0, 0.1) is 0 Å². The Morgan fingerprint density at radius 3 is 2.47 bits per heavy atom. The minimum absolute atomic E-state index is 0. The molecular formula is C13H26ClN3O2. The van der Waals surface area contributed by atoms with Crippen LogP contribution in [-0.4, -0.2) is 66.7 Å². The van der Waals surface area contributed by atoms with Crippen molar-refractivity contribution in [3.8, 4) is 0 Å². The van der Waals surface area contributed by atoms with Crippen LogP contribution in [0.5, 0.6) is 0 Å². The zero-order valence-corrected chi connectivity index (χ0v) is 12.7. The fraction of sp³-hybridized carbons (Fsp3) is 0.923. The maximum Gasteiger partial charge on any atom is 0.236 e. The third-order valence-electron chi connectivity index (χ3n) is 3.67. The molecule has 0 saturated carbocycles. The van der Waals surface area contributed by atoms with Crippen molar-refractivity contribution in [1.29, 1.82) is 0 Å². The van der Waals surface area contributed by atoms with Gasteiger partial charge in [-0.1, -0.05) is 0 Å². The average Bonchev–Trinajstić information content (AvgIpc) is 2.27. The highest BCUT2D eigenvalue weighted by molar-refractivity contribution is 5.85. The quantitative estimate of drug-likeness (QED) is 0.803. The Labute approximate surface area is 121 Å². The predicted octanol–water partition coefficient (Wildman–Crippen LogP) is 0.467. The van der Waals surface area contributed by atoms with Gasteiger partial charge in [0.2, 0.25) is 5.91 Å². The Hall–Kier alpha value is -0.360. The average molecular weight is 292 g/mol. The molecule has 2 heterocycles. The number of likely N-dealkylation sites (tertiary alicyclic amines) is 1. The molecule has 2 saturated heterocycles. The summed E-state index contributed by atoms with van der Waals surface area (Å²) in [5, 5.41) is 0. The van der Waals surface area contributed by atoms with Crippen LogP contribution >= 0.6 is 12.4 Å². The lowest BCUT2D eigenvalue weighted by Gasteiger charge is -2.37. The number of hydrogen-bond acceptors (Lipinski definition) is 4. The van der Waals surface area contributed by atoms with Crippen molar-refractivity contribution < 1.29 is 9.53 Å². The van der Waals surface area contributed by atoms with E-state index in [4.69, 9.17) is 10.5 Å². The topological polar surface area (TPSA) is 58.8 Å². The van der Waals surface area contributed by atoms with Gasteiger partial charge in [0.1, 0.15) is 0 Å². The van der Waals surface area contributed by atoms with Gasteiger partial charge in [0.05, 0.1) is 18.8 Å². The lowest BCUT2D eigenvalue weighted by Crippen LogP contribution is -2.53. The summed E-state index contributed by atoms with van der Waals surface area (Å²) in [6, 6.07) is 0.231. The van der Waals surface area contributed by atoms with Gasteiger partial charge < -0.3 is 15.4 Å². The summed E-state index contributed by atoms with van der Waals surface area (Å²) < 4.78 is 5.65. The number of carbonyl (C=O) groups is 1. The zero-order chi connectivity index (χ0) is 13.1. The summed E-state index contributed by atoms with van der Waals surface area (Å²) in [4.78, 5) is 16.4. The van der Waals surface area contributed by atoms with Crippen molar-refractivity contribution in [1.82, 2.24) is 9.80 Å². The molecule has 2 fully saturated rings. The Morgan fingerprint density at radius 2 is 1.89 bits per heavy atom. The van der Waals surface area contributed by atoms with Gasteiger partial charge in [0, 0.05) is 25.7 Å². The minimum atomic E-state index is 0. The Kier molecular flexibility index (Phi) is 6.53. The third kappa shape index (κ3) is 4.91. The second kappa shape index (κ2) is 7.43. The number of rotatable bonds is 2. The number of ether oxygens (including phenoxy) is 1. The fourth-order valence-electron chi connectivity index (χ4n) is 2.91. The van der Waals surface area contributed by atoms with E-state index in [1.165, 1.54) is 0 Å². The van der Waals surface area contributed by atoms with E-state index in [2.05, 4.69) is 4.90 Å². The molecule has 0 aliphatic carbocycles. The van der Waals surface area contributed by atoms with E-state index in [0.717, 1.165) is 25.9 Å². The van der Waals surface area contributed by atoms with Crippen molar-refractivity contribution in [3.63, 3.8) is 0 Å². The maximum atomic E-state index is 12.3. The van der Waals surface area contributed by atoms with Crippen LogP contribution in [0.15, 0.2) is 0 Å². The van der Waals surface area contributed by atoms with Gasteiger partial charge in [-0.05, 0) is 33.2 Å². The molecule has 112 valence electrons. The molecule has 6 heteroatoms. The van der Waals surface area contributed by atoms with Crippen LogP contribution in [0.4, 0.5) is 0 Å². The summed E-state index contributed by atoms with van der Waals surface area (Å²) in [7, 11) is 0. The second-order valence-electron chi connectivity index (χ2n) is 5.69. The molecule has 0 radical (unpaired) electrons. The normalized spacial score (nSPS) is 32.8. The minimum Gasteiger partial charge on any atom is -0.372 e. The Bertz CT molecular complexity index is 294. The first-order chi connectivity index (χ1) is 8.54. The molecule has 0 spiro atoms. The number of carbonyl (C=O) groups excluding carboxylic acids is 1. The highest BCUT2D eigenvalue weighted by atomic mass is 35.5. The van der Waals surface area contributed by atoms with Crippen molar-refractivity contribution in [2.24, 2.45) is 5.73 Å². The van der Waals surface area contributed by atoms with Gasteiger partial charge in [-0.15, -0.1) is 12.4 Å². The molecule has 0 bridgehead atoms. The molecule has 3 atom stereocenters. The van der Waals surface area contributed by atoms with Crippen molar-refractivity contribution >= 4 is 18.3 Å². The first-order valence-electron chi connectivity index (χ1n) is 6.95. The van der Waals surface area contributed by atoms with Crippen LogP contribution in [0.2, 0.25) is 0 Å². The van der Waals surface area contributed by atoms with Gasteiger partial charge in [-0.3, -0.25) is 9.69 Å². The standard InChI is InChI=1S/C13H25N3O2.ClH/c1-10-6-16(7-11(2)18-10)13(17)9-15-5-3-4-12(14)8-15;/h10-12H,3-9,14H2,1-2H3;1H/t10?,11?,12-;/m1./s1. The number of piperidine rings is 1. The van der Waals surface area contributed by atoms with Crippen LogP contribution < -0.4 is 5.73 Å². The molecule has 1 amide bonds. The van der Waals surface area contributed by atoms with E-state index in [1.54, 1.807) is 0 Å². The lowest BCUT2D eigenvalue weighted by atomic mass is 10.1. The highest BCUT2D eigenvalue weighted by Gasteiger charge is 2.27. The van der Waals surface area contributed by atoms with Gasteiger partial charge in [-0.2, -0.15) is 0 Å². The molecule has 2 N–H and O–H groups in total. The highest BCUT2D eigenvalue weighted by Crippen LogP contribution is 2.13. The van der Waals surface area contributed by atoms with Crippen LogP contribution in [0.3, 0.4) is 0 Å². The van der Waals surface area contributed by atoms with Crippen LogP contribution in [-0.2, 0) is 9.53 Å². The Balaban J connectivity index is 0.00000180. The molecule has 0 aromatic heterocycles. The number of hydrogen-bond donors (Lipinski definition) is 1. The van der Waals surface area contributed by atoms with E-state index in [1.807, 2.05) is 18.7 Å². The molecule has 2 aliphatic rings.